The highest BCUT2D eigenvalue weighted by molar-refractivity contribution is 9.10. The largest absolute Gasteiger partial charge is 0.441 e. The van der Waals surface area contributed by atoms with Crippen LogP contribution in [-0.2, 0) is 6.54 Å². The van der Waals surface area contributed by atoms with E-state index < -0.39 is 0 Å². The maximum absolute atomic E-state index is 5.96. The first-order valence-corrected chi connectivity index (χ1v) is 7.06. The Kier molecular flexibility index (Phi) is 3.36. The highest BCUT2D eigenvalue weighted by Crippen LogP contribution is 2.24. The number of hydrogen-bond acceptors (Lipinski definition) is 4. The van der Waals surface area contributed by atoms with E-state index in [1.807, 2.05) is 43.3 Å². The molecule has 0 amide bonds. The molecule has 0 aliphatic carbocycles. The third-order valence-corrected chi connectivity index (χ3v) is 3.55. The van der Waals surface area contributed by atoms with Crippen LogP contribution >= 0.6 is 15.9 Å². The summed E-state index contributed by atoms with van der Waals surface area (Å²) in [6.07, 6.45) is 0. The normalized spacial score (nSPS) is 10.9. The molecule has 20 heavy (non-hydrogen) atoms. The zero-order chi connectivity index (χ0) is 14.1. The molecule has 0 aliphatic rings. The number of hydrogen-bond donors (Lipinski definition) is 2. The molecule has 0 radical (unpaired) electrons. The maximum Gasteiger partial charge on any atom is 0.192 e. The zero-order valence-corrected chi connectivity index (χ0v) is 12.6. The van der Waals surface area contributed by atoms with Crippen molar-refractivity contribution in [2.24, 2.45) is 0 Å². The molecule has 0 aliphatic heterocycles. The average Bonchev–Trinajstić information content (AvgIpc) is 2.77. The van der Waals surface area contributed by atoms with Crippen LogP contribution < -0.4 is 11.1 Å². The number of anilines is 2. The van der Waals surface area contributed by atoms with E-state index in [9.17, 15) is 0 Å². The van der Waals surface area contributed by atoms with Crippen LogP contribution in [0.2, 0.25) is 0 Å². The second kappa shape index (κ2) is 5.17. The number of nitrogens with zero attached hydrogens (tertiary/aromatic N) is 1. The molecule has 0 fully saturated rings. The summed E-state index contributed by atoms with van der Waals surface area (Å²) < 4.78 is 6.43. The van der Waals surface area contributed by atoms with Crippen LogP contribution in [0.1, 0.15) is 11.5 Å². The second-order valence-corrected chi connectivity index (χ2v) is 5.54. The minimum atomic E-state index is 0.683. The van der Waals surface area contributed by atoms with E-state index in [0.29, 0.717) is 12.4 Å². The van der Waals surface area contributed by atoms with Gasteiger partial charge in [0.15, 0.2) is 11.5 Å². The number of aryl methyl sites for hydroxylation is 1. The van der Waals surface area contributed by atoms with Crippen molar-refractivity contribution in [3.8, 4) is 0 Å². The fraction of sp³-hybridized carbons (Fsp3) is 0.133. The number of nitrogens with two attached hydrogens (primary N) is 1. The lowest BCUT2D eigenvalue weighted by molar-refractivity contribution is 0.561. The molecule has 3 aromatic rings. The molecule has 0 spiro atoms. The van der Waals surface area contributed by atoms with Crippen LogP contribution in [0.5, 0.6) is 0 Å². The van der Waals surface area contributed by atoms with Crippen LogP contribution in [0.25, 0.3) is 11.1 Å². The van der Waals surface area contributed by atoms with E-state index in [4.69, 9.17) is 10.2 Å². The Bertz CT molecular complexity index is 767. The number of rotatable bonds is 3. The number of nitrogen functional groups attached to an aromatic ring is 1. The summed E-state index contributed by atoms with van der Waals surface area (Å²) in [5.41, 5.74) is 10.4. The number of benzene rings is 2. The summed E-state index contributed by atoms with van der Waals surface area (Å²) in [6, 6.07) is 11.8. The summed E-state index contributed by atoms with van der Waals surface area (Å²) in [5.74, 6) is 0.683. The van der Waals surface area contributed by atoms with Crippen molar-refractivity contribution >= 4 is 38.4 Å². The SMILES string of the molecule is Cc1nc2cc(CNc3ccc(Br)cc3N)ccc2o1. The van der Waals surface area contributed by atoms with Crippen molar-refractivity contribution in [1.82, 2.24) is 4.98 Å². The molecule has 1 aromatic heterocycles. The summed E-state index contributed by atoms with van der Waals surface area (Å²) >= 11 is 3.40. The van der Waals surface area contributed by atoms with Gasteiger partial charge < -0.3 is 15.5 Å². The van der Waals surface area contributed by atoms with Gasteiger partial charge in [0, 0.05) is 17.9 Å². The lowest BCUT2D eigenvalue weighted by atomic mass is 10.2. The Morgan fingerprint density at radius 3 is 2.90 bits per heavy atom. The van der Waals surface area contributed by atoms with Gasteiger partial charge in [-0.1, -0.05) is 22.0 Å². The molecular weight excluding hydrogens is 318 g/mol. The number of halogens is 1. The molecule has 102 valence electrons. The molecule has 0 bridgehead atoms. The molecule has 0 saturated carbocycles. The molecule has 0 unspecified atom stereocenters. The summed E-state index contributed by atoms with van der Waals surface area (Å²) in [6.45, 7) is 2.54. The predicted octanol–water partition coefficient (Wildman–Crippen LogP) is 4.09. The third-order valence-electron chi connectivity index (χ3n) is 3.06. The van der Waals surface area contributed by atoms with Crippen LogP contribution in [0.15, 0.2) is 45.3 Å². The Labute approximate surface area is 125 Å². The molecule has 3 rings (SSSR count). The van der Waals surface area contributed by atoms with Crippen LogP contribution in [0.3, 0.4) is 0 Å². The summed E-state index contributed by atoms with van der Waals surface area (Å²) in [4.78, 5) is 4.33. The number of aromatic nitrogens is 1. The molecule has 5 heteroatoms. The average molecular weight is 332 g/mol. The monoisotopic (exact) mass is 331 g/mol. The highest BCUT2D eigenvalue weighted by Gasteiger charge is 2.04. The summed E-state index contributed by atoms with van der Waals surface area (Å²) in [5, 5.41) is 3.32. The van der Waals surface area contributed by atoms with Crippen LogP contribution in [0, 0.1) is 6.92 Å². The van der Waals surface area contributed by atoms with Crippen molar-refractivity contribution < 1.29 is 4.42 Å². The van der Waals surface area contributed by atoms with Gasteiger partial charge in [0.1, 0.15) is 5.52 Å². The molecular formula is C15H14BrN3O. The minimum Gasteiger partial charge on any atom is -0.441 e. The van der Waals surface area contributed by atoms with Crippen LogP contribution in [-0.4, -0.2) is 4.98 Å². The second-order valence-electron chi connectivity index (χ2n) is 4.62. The van der Waals surface area contributed by atoms with Gasteiger partial charge in [0.2, 0.25) is 0 Å². The van der Waals surface area contributed by atoms with E-state index in [1.54, 1.807) is 0 Å². The maximum atomic E-state index is 5.96. The fourth-order valence-corrected chi connectivity index (χ4v) is 2.47. The van der Waals surface area contributed by atoms with Crippen molar-refractivity contribution in [3.63, 3.8) is 0 Å². The molecule has 4 nitrogen and oxygen atoms in total. The first kappa shape index (κ1) is 13.0. The van der Waals surface area contributed by atoms with Gasteiger partial charge in [-0.25, -0.2) is 4.98 Å². The van der Waals surface area contributed by atoms with E-state index >= 15 is 0 Å². The van der Waals surface area contributed by atoms with Gasteiger partial charge in [-0.3, -0.25) is 0 Å². The number of nitrogens with one attached hydrogen (secondary N) is 1. The molecule has 1 heterocycles. The topological polar surface area (TPSA) is 64.1 Å². The zero-order valence-electron chi connectivity index (χ0n) is 11.0. The van der Waals surface area contributed by atoms with E-state index in [0.717, 1.165) is 32.5 Å². The lowest BCUT2D eigenvalue weighted by Gasteiger charge is -2.09. The molecule has 0 atom stereocenters. The standard InChI is InChI=1S/C15H14BrN3O/c1-9-19-14-6-10(2-5-15(14)20-9)8-18-13-4-3-11(16)7-12(13)17/h2-7,18H,8,17H2,1H3. The van der Waals surface area contributed by atoms with Crippen molar-refractivity contribution in [2.75, 3.05) is 11.1 Å². The van der Waals surface area contributed by atoms with Gasteiger partial charge in [-0.15, -0.1) is 0 Å². The van der Waals surface area contributed by atoms with E-state index in [1.165, 1.54) is 0 Å². The van der Waals surface area contributed by atoms with Gasteiger partial charge in [0.05, 0.1) is 11.4 Å². The molecule has 3 N–H and O–H groups in total. The van der Waals surface area contributed by atoms with Crippen molar-refractivity contribution in [2.45, 2.75) is 13.5 Å². The van der Waals surface area contributed by atoms with Crippen molar-refractivity contribution in [3.05, 3.63) is 52.3 Å². The Hall–Kier alpha value is -2.01. The fourth-order valence-electron chi connectivity index (χ4n) is 2.09. The minimum absolute atomic E-state index is 0.683. The number of oxazole rings is 1. The van der Waals surface area contributed by atoms with Crippen LogP contribution in [0.4, 0.5) is 11.4 Å². The Morgan fingerprint density at radius 1 is 1.25 bits per heavy atom. The first-order valence-electron chi connectivity index (χ1n) is 6.27. The first-order chi connectivity index (χ1) is 9.61. The lowest BCUT2D eigenvalue weighted by Crippen LogP contribution is -2.02. The predicted molar refractivity (Wildman–Crippen MR) is 84.6 cm³/mol. The smallest absolute Gasteiger partial charge is 0.192 e. The Balaban J connectivity index is 1.79. The molecule has 0 saturated heterocycles. The Morgan fingerprint density at radius 2 is 2.10 bits per heavy atom. The van der Waals surface area contributed by atoms with E-state index in [-0.39, 0.29) is 0 Å². The summed E-state index contributed by atoms with van der Waals surface area (Å²) in [7, 11) is 0. The van der Waals surface area contributed by atoms with Gasteiger partial charge >= 0.3 is 0 Å². The van der Waals surface area contributed by atoms with Crippen molar-refractivity contribution in [1.29, 1.82) is 0 Å². The van der Waals surface area contributed by atoms with E-state index in [2.05, 4.69) is 26.2 Å². The quantitative estimate of drug-likeness (QED) is 0.709. The highest BCUT2D eigenvalue weighted by atomic mass is 79.9. The van der Waals surface area contributed by atoms with Gasteiger partial charge in [0.25, 0.3) is 0 Å². The number of fused-ring (bicyclic) bond motifs is 1. The molecule has 2 aromatic carbocycles. The van der Waals surface area contributed by atoms with Gasteiger partial charge in [-0.2, -0.15) is 0 Å². The van der Waals surface area contributed by atoms with Gasteiger partial charge in [-0.05, 0) is 35.9 Å². The third kappa shape index (κ3) is 2.63.